The number of hydrogen-bond acceptors (Lipinski definition) is 4. The van der Waals surface area contributed by atoms with Gasteiger partial charge in [0.15, 0.2) is 0 Å². The van der Waals surface area contributed by atoms with Crippen molar-refractivity contribution in [2.24, 2.45) is 11.8 Å². The summed E-state index contributed by atoms with van der Waals surface area (Å²) in [6.45, 7) is 3.79. The Bertz CT molecular complexity index is 1020. The van der Waals surface area contributed by atoms with Gasteiger partial charge in [0.25, 0.3) is 5.91 Å². The highest BCUT2D eigenvalue weighted by molar-refractivity contribution is 5.98. The van der Waals surface area contributed by atoms with E-state index < -0.39 is 6.09 Å². The average Bonchev–Trinajstić information content (AvgIpc) is 3.64. The van der Waals surface area contributed by atoms with Crippen LogP contribution in [0.3, 0.4) is 0 Å². The molecule has 1 saturated carbocycles. The number of nitrogens with zero attached hydrogens (tertiary/aromatic N) is 1. The molecule has 0 spiro atoms. The van der Waals surface area contributed by atoms with Crippen molar-refractivity contribution in [2.45, 2.75) is 45.4 Å². The minimum Gasteiger partial charge on any atom is -0.445 e. The molecule has 0 aromatic heterocycles. The van der Waals surface area contributed by atoms with Crippen molar-refractivity contribution in [3.63, 3.8) is 0 Å². The summed E-state index contributed by atoms with van der Waals surface area (Å²) in [5.41, 5.74) is 2.88. The summed E-state index contributed by atoms with van der Waals surface area (Å²) in [6, 6.07) is 14.4. The number of rotatable bonds is 5. The zero-order chi connectivity index (χ0) is 22.8. The molecule has 2 aromatic carbocycles. The standard InChI is InChI=1S/C25H29N3O4/c1-15-22(27-25(31)32-14-17-7-5-4-6-8-17)20-13-19(24(30)26-3)11-12-21(20)28(16(2)29)23(15)18-9-10-18/h4-8,11-13,15,18,22-23H,9-10,14H2,1-3H3,(H,26,30)(H,27,31)/t15-,22-,23-/m1/s1. The highest BCUT2D eigenvalue weighted by Gasteiger charge is 2.48. The molecule has 3 amide bonds. The van der Waals surface area contributed by atoms with E-state index in [4.69, 9.17) is 4.74 Å². The van der Waals surface area contributed by atoms with E-state index in [1.54, 1.807) is 26.1 Å². The first-order valence-electron chi connectivity index (χ1n) is 11.0. The maximum atomic E-state index is 12.7. The van der Waals surface area contributed by atoms with Crippen LogP contribution in [0.15, 0.2) is 48.5 Å². The quantitative estimate of drug-likeness (QED) is 0.748. The first kappa shape index (κ1) is 21.9. The van der Waals surface area contributed by atoms with Gasteiger partial charge in [0.1, 0.15) is 6.61 Å². The van der Waals surface area contributed by atoms with Crippen LogP contribution in [0.5, 0.6) is 0 Å². The van der Waals surface area contributed by atoms with Gasteiger partial charge in [0, 0.05) is 37.2 Å². The van der Waals surface area contributed by atoms with E-state index in [9.17, 15) is 14.4 Å². The van der Waals surface area contributed by atoms with Crippen LogP contribution in [0, 0.1) is 11.8 Å². The summed E-state index contributed by atoms with van der Waals surface area (Å²) < 4.78 is 5.47. The summed E-state index contributed by atoms with van der Waals surface area (Å²) in [5, 5.41) is 5.65. The zero-order valence-electron chi connectivity index (χ0n) is 18.6. The van der Waals surface area contributed by atoms with Gasteiger partial charge < -0.3 is 20.3 Å². The SMILES string of the molecule is CNC(=O)c1ccc2c(c1)[C@H](NC(=O)OCc1ccccc1)[C@@H](C)[C@H](C1CC1)N2C(C)=O. The molecule has 0 unspecified atom stereocenters. The van der Waals surface area contributed by atoms with Crippen LogP contribution >= 0.6 is 0 Å². The number of nitrogens with one attached hydrogen (secondary N) is 2. The number of ether oxygens (including phenoxy) is 1. The van der Waals surface area contributed by atoms with Crippen molar-refractivity contribution in [3.05, 3.63) is 65.2 Å². The van der Waals surface area contributed by atoms with Crippen molar-refractivity contribution in [3.8, 4) is 0 Å². The number of anilines is 1. The Labute approximate surface area is 188 Å². The van der Waals surface area contributed by atoms with Gasteiger partial charge in [0.05, 0.1) is 6.04 Å². The van der Waals surface area contributed by atoms with E-state index in [0.29, 0.717) is 11.5 Å². The van der Waals surface area contributed by atoms with Crippen molar-refractivity contribution in [1.82, 2.24) is 10.6 Å². The smallest absolute Gasteiger partial charge is 0.407 e. The zero-order valence-corrected chi connectivity index (χ0v) is 18.6. The van der Waals surface area contributed by atoms with Gasteiger partial charge in [-0.3, -0.25) is 9.59 Å². The van der Waals surface area contributed by atoms with Crippen LogP contribution in [0.2, 0.25) is 0 Å². The highest BCUT2D eigenvalue weighted by Crippen LogP contribution is 2.49. The number of alkyl carbamates (subject to hydrolysis) is 1. The van der Waals surface area contributed by atoms with Crippen LogP contribution in [0.4, 0.5) is 10.5 Å². The fraction of sp³-hybridized carbons (Fsp3) is 0.400. The normalized spacial score (nSPS) is 22.0. The molecule has 3 atom stereocenters. The molecule has 1 fully saturated rings. The second-order valence-corrected chi connectivity index (χ2v) is 8.61. The molecule has 2 aromatic rings. The third-order valence-corrected chi connectivity index (χ3v) is 6.40. The molecule has 0 bridgehead atoms. The molecule has 1 heterocycles. The summed E-state index contributed by atoms with van der Waals surface area (Å²) >= 11 is 0. The molecule has 168 valence electrons. The number of carbonyl (C=O) groups excluding carboxylic acids is 3. The Morgan fingerprint density at radius 2 is 1.81 bits per heavy atom. The fourth-order valence-electron chi connectivity index (χ4n) is 4.74. The van der Waals surface area contributed by atoms with E-state index in [1.807, 2.05) is 41.3 Å². The molecule has 32 heavy (non-hydrogen) atoms. The molecule has 0 saturated heterocycles. The van der Waals surface area contributed by atoms with Crippen LogP contribution in [0.25, 0.3) is 0 Å². The van der Waals surface area contributed by atoms with Crippen LogP contribution in [-0.2, 0) is 16.1 Å². The Balaban J connectivity index is 1.65. The lowest BCUT2D eigenvalue weighted by atomic mass is 9.79. The topological polar surface area (TPSA) is 87.7 Å². The lowest BCUT2D eigenvalue weighted by molar-refractivity contribution is -0.117. The van der Waals surface area contributed by atoms with Crippen molar-refractivity contribution in [2.75, 3.05) is 11.9 Å². The third-order valence-electron chi connectivity index (χ3n) is 6.40. The molecule has 7 heteroatoms. The first-order valence-corrected chi connectivity index (χ1v) is 11.0. The monoisotopic (exact) mass is 435 g/mol. The number of benzene rings is 2. The summed E-state index contributed by atoms with van der Waals surface area (Å²) in [7, 11) is 1.58. The molecule has 1 aliphatic heterocycles. The van der Waals surface area contributed by atoms with E-state index in [-0.39, 0.29) is 36.4 Å². The second-order valence-electron chi connectivity index (χ2n) is 8.61. The largest absolute Gasteiger partial charge is 0.445 e. The van der Waals surface area contributed by atoms with Gasteiger partial charge in [-0.1, -0.05) is 37.3 Å². The predicted molar refractivity (Wildman–Crippen MR) is 121 cm³/mol. The third kappa shape index (κ3) is 4.33. The summed E-state index contributed by atoms with van der Waals surface area (Å²) in [4.78, 5) is 39.5. The summed E-state index contributed by atoms with van der Waals surface area (Å²) in [6.07, 6.45) is 1.61. The van der Waals surface area contributed by atoms with Crippen molar-refractivity contribution >= 4 is 23.6 Å². The minimum atomic E-state index is -0.521. The second kappa shape index (κ2) is 9.02. The van der Waals surface area contributed by atoms with Gasteiger partial charge in [-0.15, -0.1) is 0 Å². The highest BCUT2D eigenvalue weighted by atomic mass is 16.5. The molecular weight excluding hydrogens is 406 g/mol. The summed E-state index contributed by atoms with van der Waals surface area (Å²) in [5.74, 6) is 0.116. The maximum absolute atomic E-state index is 12.7. The number of carbonyl (C=O) groups is 3. The van der Waals surface area contributed by atoms with Gasteiger partial charge in [-0.2, -0.15) is 0 Å². The first-order chi connectivity index (χ1) is 15.4. The molecular formula is C25H29N3O4. The van der Waals surface area contributed by atoms with Gasteiger partial charge >= 0.3 is 6.09 Å². The molecule has 7 nitrogen and oxygen atoms in total. The van der Waals surface area contributed by atoms with E-state index >= 15 is 0 Å². The fourth-order valence-corrected chi connectivity index (χ4v) is 4.74. The van der Waals surface area contributed by atoms with Crippen molar-refractivity contribution in [1.29, 1.82) is 0 Å². The molecule has 2 N–H and O–H groups in total. The molecule has 0 radical (unpaired) electrons. The van der Waals surface area contributed by atoms with Crippen LogP contribution in [-0.4, -0.2) is 31.0 Å². The Hall–Kier alpha value is -3.35. The Morgan fingerprint density at radius 3 is 2.44 bits per heavy atom. The van der Waals surface area contributed by atoms with Gasteiger partial charge in [-0.25, -0.2) is 4.79 Å². The molecule has 2 aliphatic rings. The lowest BCUT2D eigenvalue weighted by Crippen LogP contribution is -2.53. The number of fused-ring (bicyclic) bond motifs is 1. The van der Waals surface area contributed by atoms with Gasteiger partial charge in [0.2, 0.25) is 5.91 Å². The van der Waals surface area contributed by atoms with Crippen LogP contribution in [0.1, 0.15) is 54.2 Å². The number of hydrogen-bond donors (Lipinski definition) is 2. The van der Waals surface area contributed by atoms with E-state index in [1.165, 1.54) is 0 Å². The Morgan fingerprint density at radius 1 is 1.09 bits per heavy atom. The minimum absolute atomic E-state index is 0.00900. The molecule has 4 rings (SSSR count). The van der Waals surface area contributed by atoms with Crippen LogP contribution < -0.4 is 15.5 Å². The Kier molecular flexibility index (Phi) is 6.17. The van der Waals surface area contributed by atoms with E-state index in [0.717, 1.165) is 29.7 Å². The number of amides is 3. The average molecular weight is 436 g/mol. The molecule has 1 aliphatic carbocycles. The maximum Gasteiger partial charge on any atom is 0.407 e. The predicted octanol–water partition coefficient (Wildman–Crippen LogP) is 3.79. The van der Waals surface area contributed by atoms with Gasteiger partial charge in [-0.05, 0) is 48.1 Å². The van der Waals surface area contributed by atoms with E-state index in [2.05, 4.69) is 17.6 Å². The lowest BCUT2D eigenvalue weighted by Gasteiger charge is -2.45. The van der Waals surface area contributed by atoms with Crippen molar-refractivity contribution < 1.29 is 19.1 Å².